The molecule has 1 aliphatic rings. The number of rotatable bonds is 1. The third-order valence-electron chi connectivity index (χ3n) is 3.01. The van der Waals surface area contributed by atoms with Crippen LogP contribution in [0.3, 0.4) is 0 Å². The third-order valence-corrected chi connectivity index (χ3v) is 3.66. The van der Waals surface area contributed by atoms with Crippen LogP contribution in [0.5, 0.6) is 0 Å². The molecule has 1 N–H and O–H groups in total. The lowest BCUT2D eigenvalue weighted by Crippen LogP contribution is -2.55. The number of halogens is 2. The zero-order valence-electron chi connectivity index (χ0n) is 10.4. The number of benzene rings is 1. The second-order valence-corrected chi connectivity index (χ2v) is 5.66. The maximum Gasteiger partial charge on any atom is 0.255 e. The van der Waals surface area contributed by atoms with E-state index in [1.165, 1.54) is 18.2 Å². The average molecular weight is 315 g/mol. The van der Waals surface area contributed by atoms with Crippen LogP contribution in [0.2, 0.25) is 0 Å². The second kappa shape index (κ2) is 5.36. The summed E-state index contributed by atoms with van der Waals surface area (Å²) in [6.07, 6.45) is 0. The number of amides is 1. The highest BCUT2D eigenvalue weighted by Gasteiger charge is 2.26. The second-order valence-electron chi connectivity index (χ2n) is 4.80. The first-order valence-corrected chi connectivity index (χ1v) is 6.77. The lowest BCUT2D eigenvalue weighted by Gasteiger charge is -2.36. The molecule has 1 amide bonds. The van der Waals surface area contributed by atoms with Gasteiger partial charge >= 0.3 is 0 Å². The Morgan fingerprint density at radius 1 is 1.39 bits per heavy atom. The SMILES string of the molecule is CC1CN(C(=O)c2ccc(F)cc2Br)CC(C)N1. The van der Waals surface area contributed by atoms with Gasteiger partial charge in [-0.2, -0.15) is 0 Å². The molecule has 5 heteroatoms. The van der Waals surface area contributed by atoms with Gasteiger partial charge in [0.1, 0.15) is 5.82 Å². The zero-order chi connectivity index (χ0) is 13.3. The van der Waals surface area contributed by atoms with Crippen LogP contribution in [0.1, 0.15) is 24.2 Å². The molecule has 98 valence electrons. The van der Waals surface area contributed by atoms with Crippen LogP contribution < -0.4 is 5.32 Å². The predicted molar refractivity (Wildman–Crippen MR) is 72.1 cm³/mol. The van der Waals surface area contributed by atoms with Gasteiger partial charge in [0.15, 0.2) is 0 Å². The summed E-state index contributed by atoms with van der Waals surface area (Å²) >= 11 is 3.24. The molecular weight excluding hydrogens is 299 g/mol. The molecule has 0 bridgehead atoms. The van der Waals surface area contributed by atoms with E-state index in [-0.39, 0.29) is 23.8 Å². The summed E-state index contributed by atoms with van der Waals surface area (Å²) in [4.78, 5) is 14.2. The predicted octanol–water partition coefficient (Wildman–Crippen LogP) is 2.41. The van der Waals surface area contributed by atoms with Crippen molar-refractivity contribution in [2.75, 3.05) is 13.1 Å². The van der Waals surface area contributed by atoms with Gasteiger partial charge in [0.25, 0.3) is 5.91 Å². The highest BCUT2D eigenvalue weighted by atomic mass is 79.9. The molecule has 0 spiro atoms. The van der Waals surface area contributed by atoms with Crippen LogP contribution >= 0.6 is 15.9 Å². The standard InChI is InChI=1S/C13H16BrFN2O/c1-8-6-17(7-9(2)16-8)13(18)11-4-3-10(15)5-12(11)14/h3-5,8-9,16H,6-7H2,1-2H3. The Bertz CT molecular complexity index is 456. The minimum absolute atomic E-state index is 0.0536. The Balaban J connectivity index is 2.20. The van der Waals surface area contributed by atoms with Crippen molar-refractivity contribution in [3.8, 4) is 0 Å². The lowest BCUT2D eigenvalue weighted by atomic mass is 10.1. The van der Waals surface area contributed by atoms with Gasteiger partial charge in [-0.3, -0.25) is 4.79 Å². The summed E-state index contributed by atoms with van der Waals surface area (Å²) in [7, 11) is 0. The number of hydrogen-bond acceptors (Lipinski definition) is 2. The summed E-state index contributed by atoms with van der Waals surface area (Å²) < 4.78 is 13.5. The minimum atomic E-state index is -0.347. The highest BCUT2D eigenvalue weighted by Crippen LogP contribution is 2.20. The number of carbonyl (C=O) groups is 1. The maximum absolute atomic E-state index is 13.0. The molecule has 0 aromatic heterocycles. The Kier molecular flexibility index (Phi) is 4.02. The van der Waals surface area contributed by atoms with Crippen LogP contribution in [0.15, 0.2) is 22.7 Å². The van der Waals surface area contributed by atoms with Gasteiger partial charge in [-0.05, 0) is 48.0 Å². The van der Waals surface area contributed by atoms with E-state index >= 15 is 0 Å². The molecule has 1 aliphatic heterocycles. The molecule has 2 atom stereocenters. The van der Waals surface area contributed by atoms with Gasteiger partial charge in [0.2, 0.25) is 0 Å². The van der Waals surface area contributed by atoms with E-state index < -0.39 is 0 Å². The average Bonchev–Trinajstić information content (AvgIpc) is 2.26. The van der Waals surface area contributed by atoms with Crippen molar-refractivity contribution in [3.05, 3.63) is 34.1 Å². The van der Waals surface area contributed by atoms with Gasteiger partial charge in [0.05, 0.1) is 5.56 Å². The van der Waals surface area contributed by atoms with E-state index in [1.54, 1.807) is 0 Å². The fraction of sp³-hybridized carbons (Fsp3) is 0.462. The van der Waals surface area contributed by atoms with E-state index in [9.17, 15) is 9.18 Å². The van der Waals surface area contributed by atoms with Crippen molar-refractivity contribution in [1.29, 1.82) is 0 Å². The normalized spacial score (nSPS) is 24.1. The number of nitrogens with zero attached hydrogens (tertiary/aromatic N) is 1. The number of nitrogens with one attached hydrogen (secondary N) is 1. The molecule has 1 aromatic carbocycles. The molecule has 0 radical (unpaired) electrons. The van der Waals surface area contributed by atoms with E-state index in [4.69, 9.17) is 0 Å². The Hall–Kier alpha value is -0.940. The van der Waals surface area contributed by atoms with Crippen LogP contribution in [-0.2, 0) is 0 Å². The van der Waals surface area contributed by atoms with Crippen molar-refractivity contribution in [2.24, 2.45) is 0 Å². The Morgan fingerprint density at radius 3 is 2.56 bits per heavy atom. The van der Waals surface area contributed by atoms with Crippen molar-refractivity contribution in [3.63, 3.8) is 0 Å². The summed E-state index contributed by atoms with van der Waals surface area (Å²) in [6.45, 7) is 5.45. The third kappa shape index (κ3) is 2.90. The van der Waals surface area contributed by atoms with Crippen molar-refractivity contribution < 1.29 is 9.18 Å². The van der Waals surface area contributed by atoms with Crippen molar-refractivity contribution >= 4 is 21.8 Å². The number of piperazine rings is 1. The molecule has 1 saturated heterocycles. The van der Waals surface area contributed by atoms with Crippen LogP contribution in [0.4, 0.5) is 4.39 Å². The van der Waals surface area contributed by atoms with Crippen LogP contribution in [-0.4, -0.2) is 36.0 Å². The molecule has 2 unspecified atom stereocenters. The topological polar surface area (TPSA) is 32.3 Å². The maximum atomic E-state index is 13.0. The summed E-state index contributed by atoms with van der Waals surface area (Å²) in [5, 5.41) is 3.37. The molecule has 18 heavy (non-hydrogen) atoms. The van der Waals surface area contributed by atoms with Crippen molar-refractivity contribution in [2.45, 2.75) is 25.9 Å². The van der Waals surface area contributed by atoms with Crippen LogP contribution in [0, 0.1) is 5.82 Å². The van der Waals surface area contributed by atoms with Gasteiger partial charge in [0, 0.05) is 29.6 Å². The molecule has 2 rings (SSSR count). The molecule has 1 aromatic rings. The first kappa shape index (κ1) is 13.5. The fourth-order valence-electron chi connectivity index (χ4n) is 2.33. The largest absolute Gasteiger partial charge is 0.336 e. The van der Waals surface area contributed by atoms with Gasteiger partial charge in [-0.15, -0.1) is 0 Å². The molecule has 1 heterocycles. The molecule has 3 nitrogen and oxygen atoms in total. The van der Waals surface area contributed by atoms with Gasteiger partial charge < -0.3 is 10.2 Å². The smallest absolute Gasteiger partial charge is 0.255 e. The number of hydrogen-bond donors (Lipinski definition) is 1. The van der Waals surface area contributed by atoms with E-state index in [2.05, 4.69) is 35.1 Å². The monoisotopic (exact) mass is 314 g/mol. The first-order valence-electron chi connectivity index (χ1n) is 5.97. The van der Waals surface area contributed by atoms with Gasteiger partial charge in [-0.1, -0.05) is 0 Å². The molecule has 0 aliphatic carbocycles. The molecule has 0 saturated carbocycles. The number of carbonyl (C=O) groups excluding carboxylic acids is 1. The summed E-state index contributed by atoms with van der Waals surface area (Å²) in [5.41, 5.74) is 0.512. The Labute approximate surface area is 114 Å². The molecule has 1 fully saturated rings. The van der Waals surface area contributed by atoms with E-state index in [0.717, 1.165) is 0 Å². The quantitative estimate of drug-likeness (QED) is 0.863. The lowest BCUT2D eigenvalue weighted by molar-refractivity contribution is 0.0673. The van der Waals surface area contributed by atoms with Gasteiger partial charge in [-0.25, -0.2) is 4.39 Å². The summed E-state index contributed by atoms with van der Waals surface area (Å²) in [5.74, 6) is -0.400. The summed E-state index contributed by atoms with van der Waals surface area (Å²) in [6, 6.07) is 4.71. The van der Waals surface area contributed by atoms with E-state index in [1.807, 2.05) is 4.90 Å². The Morgan fingerprint density at radius 2 is 2.00 bits per heavy atom. The van der Waals surface area contributed by atoms with Crippen molar-refractivity contribution in [1.82, 2.24) is 10.2 Å². The van der Waals surface area contributed by atoms with E-state index in [0.29, 0.717) is 23.1 Å². The fourth-order valence-corrected chi connectivity index (χ4v) is 2.85. The molecular formula is C13H16BrFN2O. The van der Waals surface area contributed by atoms with Crippen LogP contribution in [0.25, 0.3) is 0 Å². The highest BCUT2D eigenvalue weighted by molar-refractivity contribution is 9.10. The zero-order valence-corrected chi connectivity index (χ0v) is 12.0. The first-order chi connectivity index (χ1) is 8.47. The minimum Gasteiger partial charge on any atom is -0.336 e.